The first-order chi connectivity index (χ1) is 9.25. The third kappa shape index (κ3) is 2.45. The van der Waals surface area contributed by atoms with E-state index in [-0.39, 0.29) is 12.6 Å². The van der Waals surface area contributed by atoms with E-state index in [0.717, 1.165) is 24.8 Å². The van der Waals surface area contributed by atoms with Crippen molar-refractivity contribution in [3.8, 4) is 0 Å². The summed E-state index contributed by atoms with van der Waals surface area (Å²) in [5.74, 6) is 0.832. The van der Waals surface area contributed by atoms with Gasteiger partial charge in [0, 0.05) is 0 Å². The van der Waals surface area contributed by atoms with Crippen molar-refractivity contribution in [3.63, 3.8) is 0 Å². The number of aliphatic hydroxyl groups is 1. The largest absolute Gasteiger partial charge is 0.445 e. The molecule has 2 saturated carbocycles. The highest BCUT2D eigenvalue weighted by molar-refractivity contribution is 5.68. The molecule has 0 radical (unpaired) electrons. The van der Waals surface area contributed by atoms with E-state index in [1.807, 2.05) is 30.3 Å². The van der Waals surface area contributed by atoms with Crippen LogP contribution >= 0.6 is 0 Å². The first kappa shape index (κ1) is 12.5. The van der Waals surface area contributed by atoms with Gasteiger partial charge in [0.25, 0.3) is 0 Å². The number of aliphatic hydroxyl groups excluding tert-OH is 1. The summed E-state index contributed by atoms with van der Waals surface area (Å²) in [5, 5.41) is 12.7. The average molecular weight is 261 g/mol. The molecule has 102 valence electrons. The van der Waals surface area contributed by atoms with Gasteiger partial charge in [-0.1, -0.05) is 36.8 Å². The first-order valence-corrected chi connectivity index (χ1v) is 6.91. The number of amides is 1. The summed E-state index contributed by atoms with van der Waals surface area (Å²) in [5.41, 5.74) is 0.963. The van der Waals surface area contributed by atoms with E-state index in [4.69, 9.17) is 4.74 Å². The van der Waals surface area contributed by atoms with Crippen LogP contribution in [0, 0.1) is 11.8 Å². The van der Waals surface area contributed by atoms with E-state index in [9.17, 15) is 9.90 Å². The third-order valence-corrected chi connectivity index (χ3v) is 4.39. The van der Waals surface area contributed by atoms with E-state index in [1.165, 1.54) is 0 Å². The van der Waals surface area contributed by atoms with Gasteiger partial charge in [-0.05, 0) is 30.2 Å². The Labute approximate surface area is 112 Å². The summed E-state index contributed by atoms with van der Waals surface area (Å²) in [6, 6.07) is 9.46. The highest BCUT2D eigenvalue weighted by Crippen LogP contribution is 2.47. The van der Waals surface area contributed by atoms with Crippen LogP contribution in [0.25, 0.3) is 0 Å². The van der Waals surface area contributed by atoms with Crippen LogP contribution in [0.3, 0.4) is 0 Å². The number of benzene rings is 1. The summed E-state index contributed by atoms with van der Waals surface area (Å²) in [6.07, 6.45) is 2.52. The van der Waals surface area contributed by atoms with E-state index < -0.39 is 12.2 Å². The minimum Gasteiger partial charge on any atom is -0.445 e. The van der Waals surface area contributed by atoms with E-state index in [0.29, 0.717) is 11.8 Å². The van der Waals surface area contributed by atoms with Crippen molar-refractivity contribution >= 4 is 6.09 Å². The van der Waals surface area contributed by atoms with Gasteiger partial charge in [-0.3, -0.25) is 0 Å². The number of hydrogen-bond acceptors (Lipinski definition) is 3. The topological polar surface area (TPSA) is 58.6 Å². The lowest BCUT2D eigenvalue weighted by Crippen LogP contribution is -2.61. The molecule has 0 bridgehead atoms. The summed E-state index contributed by atoms with van der Waals surface area (Å²) >= 11 is 0. The molecule has 4 nitrogen and oxygen atoms in total. The molecule has 0 saturated heterocycles. The molecule has 3 rings (SSSR count). The van der Waals surface area contributed by atoms with Gasteiger partial charge in [0.1, 0.15) is 6.61 Å². The lowest BCUT2D eigenvalue weighted by Gasteiger charge is -2.45. The zero-order valence-electron chi connectivity index (χ0n) is 10.8. The number of fused-ring (bicyclic) bond motifs is 1. The molecule has 2 aliphatic carbocycles. The number of rotatable bonds is 3. The number of nitrogens with one attached hydrogen (secondary N) is 1. The minimum absolute atomic E-state index is 0.115. The zero-order valence-corrected chi connectivity index (χ0v) is 10.8. The van der Waals surface area contributed by atoms with Gasteiger partial charge in [0.15, 0.2) is 0 Å². The highest BCUT2D eigenvalue weighted by Gasteiger charge is 2.52. The SMILES string of the molecule is O=C(N[C@H]1[C@@H](O)[C@H]2CCC[C@H]21)OCc1ccccc1. The molecule has 4 atom stereocenters. The Bertz CT molecular complexity index is 448. The van der Waals surface area contributed by atoms with Gasteiger partial charge in [0.2, 0.25) is 0 Å². The Morgan fingerprint density at radius 2 is 2.00 bits per heavy atom. The normalized spacial score (nSPS) is 32.3. The molecule has 0 heterocycles. The van der Waals surface area contributed by atoms with Crippen LogP contribution in [0.2, 0.25) is 0 Å². The Balaban J connectivity index is 1.47. The fourth-order valence-electron chi connectivity index (χ4n) is 3.35. The van der Waals surface area contributed by atoms with Crippen LogP contribution in [0.4, 0.5) is 4.79 Å². The Morgan fingerprint density at radius 1 is 1.26 bits per heavy atom. The van der Waals surface area contributed by atoms with E-state index >= 15 is 0 Å². The molecule has 1 aromatic rings. The molecule has 2 aliphatic rings. The minimum atomic E-state index is -0.432. The van der Waals surface area contributed by atoms with Crippen molar-refractivity contribution in [1.82, 2.24) is 5.32 Å². The van der Waals surface area contributed by atoms with E-state index in [1.54, 1.807) is 0 Å². The molecule has 1 amide bonds. The summed E-state index contributed by atoms with van der Waals surface area (Å²) < 4.78 is 5.17. The molecule has 0 aromatic heterocycles. The molecule has 2 N–H and O–H groups in total. The summed E-state index contributed by atoms with van der Waals surface area (Å²) in [4.78, 5) is 11.7. The Hall–Kier alpha value is -1.55. The quantitative estimate of drug-likeness (QED) is 0.875. The lowest BCUT2D eigenvalue weighted by molar-refractivity contribution is -0.0545. The van der Waals surface area contributed by atoms with Crippen LogP contribution in [-0.4, -0.2) is 23.3 Å². The van der Waals surface area contributed by atoms with Gasteiger partial charge in [-0.25, -0.2) is 4.79 Å². The van der Waals surface area contributed by atoms with Gasteiger partial charge in [-0.15, -0.1) is 0 Å². The monoisotopic (exact) mass is 261 g/mol. The number of hydrogen-bond donors (Lipinski definition) is 2. The standard InChI is InChI=1S/C15H19NO3/c17-14-12-8-4-7-11(12)13(14)16-15(18)19-9-10-5-2-1-3-6-10/h1-3,5-6,11-14,17H,4,7-9H2,(H,16,18)/t11-,12+,13-,14+/m1/s1. The number of ether oxygens (including phenoxy) is 1. The molecule has 4 heteroatoms. The van der Waals surface area contributed by atoms with Crippen molar-refractivity contribution < 1.29 is 14.6 Å². The maximum Gasteiger partial charge on any atom is 0.407 e. The Morgan fingerprint density at radius 3 is 2.79 bits per heavy atom. The molecule has 19 heavy (non-hydrogen) atoms. The second-order valence-corrected chi connectivity index (χ2v) is 5.48. The van der Waals surface area contributed by atoms with Crippen LogP contribution < -0.4 is 5.32 Å². The van der Waals surface area contributed by atoms with Crippen LogP contribution in [0.15, 0.2) is 30.3 Å². The summed E-state index contributed by atoms with van der Waals surface area (Å²) in [7, 11) is 0. The van der Waals surface area contributed by atoms with Crippen molar-refractivity contribution in [2.75, 3.05) is 0 Å². The van der Waals surface area contributed by atoms with Crippen molar-refractivity contribution in [1.29, 1.82) is 0 Å². The molecule has 0 spiro atoms. The zero-order chi connectivity index (χ0) is 13.2. The third-order valence-electron chi connectivity index (χ3n) is 4.39. The maximum atomic E-state index is 11.7. The predicted molar refractivity (Wildman–Crippen MR) is 70.4 cm³/mol. The molecular formula is C15H19NO3. The Kier molecular flexibility index (Phi) is 3.42. The molecule has 1 aromatic carbocycles. The second-order valence-electron chi connectivity index (χ2n) is 5.48. The van der Waals surface area contributed by atoms with Crippen molar-refractivity contribution in [2.45, 2.75) is 38.0 Å². The fraction of sp³-hybridized carbons (Fsp3) is 0.533. The van der Waals surface area contributed by atoms with Crippen molar-refractivity contribution in [2.24, 2.45) is 11.8 Å². The molecule has 2 fully saturated rings. The van der Waals surface area contributed by atoms with Gasteiger partial charge >= 0.3 is 6.09 Å². The van der Waals surface area contributed by atoms with Crippen LogP contribution in [-0.2, 0) is 11.3 Å². The lowest BCUT2D eigenvalue weighted by atomic mass is 9.69. The average Bonchev–Trinajstić information content (AvgIpc) is 2.88. The van der Waals surface area contributed by atoms with Crippen molar-refractivity contribution in [3.05, 3.63) is 35.9 Å². The van der Waals surface area contributed by atoms with Crippen LogP contribution in [0.1, 0.15) is 24.8 Å². The number of carbonyl (C=O) groups excluding carboxylic acids is 1. The van der Waals surface area contributed by atoms with Crippen LogP contribution in [0.5, 0.6) is 0 Å². The molecule has 0 aliphatic heterocycles. The van der Waals surface area contributed by atoms with Gasteiger partial charge in [-0.2, -0.15) is 0 Å². The first-order valence-electron chi connectivity index (χ1n) is 6.91. The molecule has 0 unspecified atom stereocenters. The summed E-state index contributed by atoms with van der Waals surface area (Å²) in [6.45, 7) is 0.267. The number of alkyl carbamates (subject to hydrolysis) is 1. The highest BCUT2D eigenvalue weighted by atomic mass is 16.5. The van der Waals surface area contributed by atoms with E-state index in [2.05, 4.69) is 5.32 Å². The fourth-order valence-corrected chi connectivity index (χ4v) is 3.35. The van der Waals surface area contributed by atoms with Gasteiger partial charge < -0.3 is 15.2 Å². The molecular weight excluding hydrogens is 242 g/mol. The predicted octanol–water partition coefficient (Wildman–Crippen LogP) is 2.07. The second kappa shape index (κ2) is 5.21. The van der Waals surface area contributed by atoms with Gasteiger partial charge in [0.05, 0.1) is 12.1 Å². The smallest absolute Gasteiger partial charge is 0.407 e. The maximum absolute atomic E-state index is 11.7. The number of carbonyl (C=O) groups is 1.